The Morgan fingerprint density at radius 2 is 1.63 bits per heavy atom. The lowest BCUT2D eigenvalue weighted by Crippen LogP contribution is -2.60. The Labute approximate surface area is 236 Å². The van der Waals surface area contributed by atoms with E-state index in [4.69, 9.17) is 0 Å². The van der Waals surface area contributed by atoms with Crippen molar-refractivity contribution in [3.63, 3.8) is 0 Å². The minimum absolute atomic E-state index is 0.313. The van der Waals surface area contributed by atoms with Crippen LogP contribution in [0, 0.1) is 11.6 Å². The molecule has 1 aliphatic heterocycles. The van der Waals surface area contributed by atoms with Crippen LogP contribution in [0.3, 0.4) is 0 Å². The summed E-state index contributed by atoms with van der Waals surface area (Å²) in [6.07, 6.45) is -1.10. The second-order valence-corrected chi connectivity index (χ2v) is 11.7. The lowest BCUT2D eigenvalue weighted by atomic mass is 9.63. The van der Waals surface area contributed by atoms with Crippen LogP contribution in [0.4, 0.5) is 22.0 Å². The predicted octanol–water partition coefficient (Wildman–Crippen LogP) is 7.61. The molecule has 1 saturated carbocycles. The highest BCUT2D eigenvalue weighted by Crippen LogP contribution is 2.55. The van der Waals surface area contributed by atoms with Crippen molar-refractivity contribution in [2.24, 2.45) is 0 Å². The first-order valence-corrected chi connectivity index (χ1v) is 13.9. The van der Waals surface area contributed by atoms with Crippen LogP contribution in [0.15, 0.2) is 72.3 Å². The number of carbonyl (C=O) groups excluding carboxylic acids is 1. The number of hydrogen-bond acceptors (Lipinski definition) is 2. The molecule has 0 saturated heterocycles. The Bertz CT molecular complexity index is 1550. The summed E-state index contributed by atoms with van der Waals surface area (Å²) < 4.78 is 69.1. The molecule has 0 unspecified atom stereocenters. The maximum atomic E-state index is 15.1. The van der Waals surface area contributed by atoms with Crippen molar-refractivity contribution in [2.75, 3.05) is 20.6 Å². The van der Waals surface area contributed by atoms with E-state index in [0.717, 1.165) is 23.3 Å². The van der Waals surface area contributed by atoms with Crippen molar-refractivity contribution in [1.82, 2.24) is 9.80 Å². The molecule has 0 N–H and O–H groups in total. The first-order valence-electron chi connectivity index (χ1n) is 13.9. The van der Waals surface area contributed by atoms with Gasteiger partial charge in [-0.25, -0.2) is 8.78 Å². The fourth-order valence-electron chi connectivity index (χ4n) is 7.49. The summed E-state index contributed by atoms with van der Waals surface area (Å²) in [5, 5.41) is 0. The van der Waals surface area contributed by atoms with Gasteiger partial charge in [-0.1, -0.05) is 36.4 Å². The zero-order chi connectivity index (χ0) is 29.2. The van der Waals surface area contributed by atoms with E-state index in [1.54, 1.807) is 17.0 Å². The molecule has 6 rings (SSSR count). The maximum absolute atomic E-state index is 15.1. The second kappa shape index (κ2) is 9.79. The van der Waals surface area contributed by atoms with Gasteiger partial charge in [0.1, 0.15) is 11.6 Å². The first-order chi connectivity index (χ1) is 19.5. The number of carbonyl (C=O) groups is 1. The Kier molecular flexibility index (Phi) is 6.60. The third kappa shape index (κ3) is 4.38. The molecular weight excluding hydrogens is 535 g/mol. The molecular formula is C33H31F5N2O. The molecule has 8 heteroatoms. The average Bonchev–Trinajstić information content (AvgIpc) is 3.33. The minimum atomic E-state index is -4.71. The largest absolute Gasteiger partial charge is 0.416 e. The Morgan fingerprint density at radius 3 is 2.29 bits per heavy atom. The van der Waals surface area contributed by atoms with E-state index < -0.39 is 34.5 Å². The molecule has 2 aliphatic carbocycles. The van der Waals surface area contributed by atoms with E-state index in [1.807, 2.05) is 32.3 Å². The monoisotopic (exact) mass is 566 g/mol. The molecule has 0 atom stereocenters. The number of amides is 1. The highest BCUT2D eigenvalue weighted by atomic mass is 19.4. The number of benzene rings is 3. The Morgan fingerprint density at radius 1 is 0.902 bits per heavy atom. The standard InChI is InChI=1S/C33H31F5N2O/c1-39(2)31(22-7-5-8-24(34)19-22)13-15-32(16-14-31)28-18-21-6-3-4-9-25(21)26(28)12-17-40(32)30(41)27-11-10-23(20-29(27)35)33(36,37)38/h3-11,19-20H,12-18H2,1-2H3. The summed E-state index contributed by atoms with van der Waals surface area (Å²) in [5.41, 5.74) is 2.88. The fraction of sp³-hybridized carbons (Fsp3) is 0.364. The van der Waals surface area contributed by atoms with Gasteiger partial charge >= 0.3 is 6.18 Å². The molecule has 1 spiro atoms. The number of hydrogen-bond donors (Lipinski definition) is 0. The smallest absolute Gasteiger partial charge is 0.329 e. The van der Waals surface area contributed by atoms with Crippen LogP contribution < -0.4 is 0 Å². The highest BCUT2D eigenvalue weighted by molar-refractivity contribution is 5.96. The van der Waals surface area contributed by atoms with Crippen molar-refractivity contribution in [1.29, 1.82) is 0 Å². The number of halogens is 5. The maximum Gasteiger partial charge on any atom is 0.416 e. The summed E-state index contributed by atoms with van der Waals surface area (Å²) in [5.74, 6) is -2.08. The molecule has 0 aromatic heterocycles. The van der Waals surface area contributed by atoms with Crippen molar-refractivity contribution >= 4 is 11.5 Å². The molecule has 1 fully saturated rings. The van der Waals surface area contributed by atoms with Gasteiger partial charge in [0.05, 0.1) is 16.7 Å². The van der Waals surface area contributed by atoms with E-state index >= 15 is 4.39 Å². The van der Waals surface area contributed by atoms with Crippen LogP contribution in [0.2, 0.25) is 0 Å². The molecule has 41 heavy (non-hydrogen) atoms. The van der Waals surface area contributed by atoms with Crippen molar-refractivity contribution < 1.29 is 26.7 Å². The SMILES string of the molecule is CN(C)C1(c2cccc(F)c2)CCC2(CC1)C1=C(CCN2C(=O)c2ccc(C(F)(F)F)cc2F)c2ccccc2C1. The lowest BCUT2D eigenvalue weighted by molar-refractivity contribution is -0.137. The van der Waals surface area contributed by atoms with Crippen molar-refractivity contribution in [2.45, 2.75) is 55.8 Å². The molecule has 1 amide bonds. The summed E-state index contributed by atoms with van der Waals surface area (Å²) in [6.45, 7) is 0.335. The summed E-state index contributed by atoms with van der Waals surface area (Å²) in [6, 6.07) is 16.9. The summed E-state index contributed by atoms with van der Waals surface area (Å²) in [7, 11) is 3.95. The molecule has 3 aromatic rings. The normalized spacial score (nSPS) is 24.1. The van der Waals surface area contributed by atoms with Crippen LogP contribution in [0.1, 0.15) is 64.7 Å². The van der Waals surface area contributed by atoms with E-state index in [1.165, 1.54) is 22.8 Å². The van der Waals surface area contributed by atoms with Gasteiger partial charge in [-0.15, -0.1) is 0 Å². The number of alkyl halides is 3. The molecule has 3 aliphatic rings. The first kappa shape index (κ1) is 27.6. The van der Waals surface area contributed by atoms with Gasteiger partial charge < -0.3 is 4.90 Å². The van der Waals surface area contributed by atoms with E-state index in [-0.39, 0.29) is 11.4 Å². The van der Waals surface area contributed by atoms with Gasteiger partial charge in [-0.3, -0.25) is 9.69 Å². The quantitative estimate of drug-likeness (QED) is 0.305. The van der Waals surface area contributed by atoms with Crippen LogP contribution in [-0.4, -0.2) is 41.9 Å². The number of rotatable bonds is 3. The summed E-state index contributed by atoms with van der Waals surface area (Å²) in [4.78, 5) is 17.9. The second-order valence-electron chi connectivity index (χ2n) is 11.7. The average molecular weight is 567 g/mol. The van der Waals surface area contributed by atoms with Gasteiger partial charge in [0.2, 0.25) is 0 Å². The highest BCUT2D eigenvalue weighted by Gasteiger charge is 2.54. The number of fused-ring (bicyclic) bond motifs is 3. The van der Waals surface area contributed by atoms with Crippen molar-refractivity contribution in [3.05, 3.63) is 112 Å². The van der Waals surface area contributed by atoms with Crippen LogP contribution in [-0.2, 0) is 18.1 Å². The molecule has 0 radical (unpaired) electrons. The van der Waals surface area contributed by atoms with Crippen LogP contribution in [0.5, 0.6) is 0 Å². The number of nitrogens with zero attached hydrogens (tertiary/aromatic N) is 2. The topological polar surface area (TPSA) is 23.6 Å². The van der Waals surface area contributed by atoms with Crippen LogP contribution >= 0.6 is 0 Å². The van der Waals surface area contributed by atoms with Gasteiger partial charge in [0.25, 0.3) is 5.91 Å². The molecule has 1 heterocycles. The molecule has 3 nitrogen and oxygen atoms in total. The van der Waals surface area contributed by atoms with Gasteiger partial charge in [0, 0.05) is 12.1 Å². The third-order valence-corrected chi connectivity index (χ3v) is 9.63. The molecule has 3 aromatic carbocycles. The zero-order valence-electron chi connectivity index (χ0n) is 23.0. The molecule has 214 valence electrons. The Balaban J connectivity index is 1.43. The van der Waals surface area contributed by atoms with Gasteiger partial charge in [-0.2, -0.15) is 13.2 Å². The van der Waals surface area contributed by atoms with Gasteiger partial charge in [-0.05, 0) is 111 Å². The predicted molar refractivity (Wildman–Crippen MR) is 147 cm³/mol. The van der Waals surface area contributed by atoms with E-state index in [9.17, 15) is 22.4 Å². The molecule has 0 bridgehead atoms. The van der Waals surface area contributed by atoms with E-state index in [2.05, 4.69) is 17.0 Å². The fourth-order valence-corrected chi connectivity index (χ4v) is 7.49. The van der Waals surface area contributed by atoms with Gasteiger partial charge in [0.15, 0.2) is 0 Å². The Hall–Kier alpha value is -3.52. The minimum Gasteiger partial charge on any atom is -0.329 e. The summed E-state index contributed by atoms with van der Waals surface area (Å²) >= 11 is 0. The third-order valence-electron chi connectivity index (χ3n) is 9.63. The lowest BCUT2D eigenvalue weighted by Gasteiger charge is -2.56. The zero-order valence-corrected chi connectivity index (χ0v) is 23.0. The van der Waals surface area contributed by atoms with E-state index in [0.29, 0.717) is 51.1 Å². The van der Waals surface area contributed by atoms with Crippen molar-refractivity contribution in [3.8, 4) is 0 Å². The van der Waals surface area contributed by atoms with Crippen LogP contribution in [0.25, 0.3) is 5.57 Å².